The topological polar surface area (TPSA) is 126 Å². The van der Waals surface area contributed by atoms with Crippen LogP contribution >= 0.6 is 0 Å². The minimum atomic E-state index is -4.97. The van der Waals surface area contributed by atoms with E-state index in [0.717, 1.165) is 94.4 Å². The largest absolute Gasteiger partial charge is 0.494 e. The normalized spacial score (nSPS) is 33.8. The van der Waals surface area contributed by atoms with Crippen molar-refractivity contribution in [3.8, 4) is 5.75 Å². The maximum Gasteiger partial charge on any atom is 0.434 e. The maximum absolute atomic E-state index is 14.7. The minimum absolute atomic E-state index is 0.0764. The number of benzene rings is 1. The van der Waals surface area contributed by atoms with Gasteiger partial charge in [0.1, 0.15) is 11.3 Å². The molecule has 1 aromatic carbocycles. The molecule has 49 heavy (non-hydrogen) atoms. The highest BCUT2D eigenvalue weighted by atomic mass is 19.4. The zero-order valence-corrected chi connectivity index (χ0v) is 27.4. The van der Waals surface area contributed by atoms with E-state index >= 15 is 0 Å². The molecule has 10 nitrogen and oxygen atoms in total. The maximum atomic E-state index is 14.7. The second-order valence-electron chi connectivity index (χ2n) is 15.7. The van der Waals surface area contributed by atoms with Crippen molar-refractivity contribution in [2.45, 2.75) is 74.9 Å². The number of halogens is 3. The number of rotatable bonds is 8. The summed E-state index contributed by atoms with van der Waals surface area (Å²) in [6.45, 7) is 4.08. The fourth-order valence-electron chi connectivity index (χ4n) is 11.4. The first-order valence-electron chi connectivity index (χ1n) is 17.9. The number of hydrogen-bond acceptors (Lipinski definition) is 8. The highest BCUT2D eigenvalue weighted by molar-refractivity contribution is 5.99. The number of carbonyl (C=O) groups excluding carboxylic acids is 1. The van der Waals surface area contributed by atoms with Crippen molar-refractivity contribution in [1.29, 1.82) is 0 Å². The van der Waals surface area contributed by atoms with Crippen LogP contribution in [0.2, 0.25) is 0 Å². The number of aromatic nitrogens is 2. The third-order valence-corrected chi connectivity index (χ3v) is 13.8. The smallest absolute Gasteiger partial charge is 0.434 e. The van der Waals surface area contributed by atoms with E-state index in [1.54, 1.807) is 4.90 Å². The predicted molar refractivity (Wildman–Crippen MR) is 171 cm³/mol. The third-order valence-electron chi connectivity index (χ3n) is 13.8. The quantitative estimate of drug-likeness (QED) is 0.350. The Bertz CT molecular complexity index is 1690. The molecule has 2 bridgehead atoms. The molecule has 1 aromatic heterocycles. The summed E-state index contributed by atoms with van der Waals surface area (Å²) in [5, 5.41) is 16.5. The Morgan fingerprint density at radius 3 is 2.57 bits per heavy atom. The molecule has 1 amide bonds. The van der Waals surface area contributed by atoms with Gasteiger partial charge in [0.2, 0.25) is 5.95 Å². The first-order chi connectivity index (χ1) is 23.5. The number of amides is 1. The van der Waals surface area contributed by atoms with Crippen LogP contribution in [-0.2, 0) is 21.1 Å². The summed E-state index contributed by atoms with van der Waals surface area (Å²) in [5.41, 5.74) is -2.34. The van der Waals surface area contributed by atoms with Gasteiger partial charge in [0.05, 0.1) is 12.2 Å². The van der Waals surface area contributed by atoms with Gasteiger partial charge in [-0.3, -0.25) is 4.79 Å². The Balaban J connectivity index is 1.00. The van der Waals surface area contributed by atoms with Crippen molar-refractivity contribution < 1.29 is 37.3 Å². The number of alkyl halides is 3. The van der Waals surface area contributed by atoms with Crippen molar-refractivity contribution in [2.75, 3.05) is 44.4 Å². The molecule has 2 aromatic rings. The lowest BCUT2D eigenvalue weighted by Gasteiger charge is -2.69. The van der Waals surface area contributed by atoms with Gasteiger partial charge in [0.25, 0.3) is 5.91 Å². The summed E-state index contributed by atoms with van der Waals surface area (Å²) in [5.74, 6) is -0.689. The van der Waals surface area contributed by atoms with Crippen LogP contribution in [0.3, 0.4) is 0 Å². The van der Waals surface area contributed by atoms with E-state index in [2.05, 4.69) is 20.6 Å². The summed E-state index contributed by atoms with van der Waals surface area (Å²) in [6, 6.07) is 5.74. The number of carboxylic acid groups (broad SMARTS) is 1. The average Bonchev–Trinajstić information content (AvgIpc) is 3.69. The molecular weight excluding hydrogens is 639 g/mol. The number of hydrogen-bond donors (Lipinski definition) is 3. The van der Waals surface area contributed by atoms with E-state index in [4.69, 9.17) is 9.47 Å². The lowest BCUT2D eigenvalue weighted by molar-refractivity contribution is -0.209. The number of fused-ring (bicyclic) bond motifs is 3. The zero-order valence-electron chi connectivity index (χ0n) is 27.4. The fraction of sp³-hybridized carbons (Fsp3) is 0.667. The summed E-state index contributed by atoms with van der Waals surface area (Å²) < 4.78 is 55.8. The zero-order chi connectivity index (χ0) is 33.8. The molecule has 13 heteroatoms. The molecule has 0 radical (unpaired) electrons. The van der Waals surface area contributed by atoms with Crippen LogP contribution in [-0.4, -0.2) is 71.9 Å². The first kappa shape index (κ1) is 31.5. The van der Waals surface area contributed by atoms with Crippen LogP contribution in [0.25, 0.3) is 0 Å². The number of anilines is 2. The Morgan fingerprint density at radius 1 is 1.10 bits per heavy atom. The van der Waals surface area contributed by atoms with Crippen LogP contribution in [0.1, 0.15) is 79.4 Å². The van der Waals surface area contributed by atoms with E-state index in [0.29, 0.717) is 43.7 Å². The molecule has 262 valence electrons. The van der Waals surface area contributed by atoms with Crippen molar-refractivity contribution in [3.05, 3.63) is 41.2 Å². The monoisotopic (exact) mass is 681 g/mol. The number of aliphatic carboxylic acids is 1. The first-order valence-corrected chi connectivity index (χ1v) is 17.9. The Morgan fingerprint density at radius 2 is 1.86 bits per heavy atom. The SMILES string of the molecule is O=C(NC1(C(=O)O)C2CC3CC4CC1C34C2)c1cnc(N2CC3(CCNCC3)c3cc(OCCC4CCOCC4)ccc32)nc1C(F)(F)F. The molecule has 6 atom stereocenters. The molecule has 2 saturated heterocycles. The van der Waals surface area contributed by atoms with Gasteiger partial charge in [-0.25, -0.2) is 14.8 Å². The molecule has 4 heterocycles. The van der Waals surface area contributed by atoms with Crippen LogP contribution in [0, 0.1) is 35.0 Å². The van der Waals surface area contributed by atoms with Crippen LogP contribution < -0.4 is 20.3 Å². The van der Waals surface area contributed by atoms with Crippen molar-refractivity contribution in [2.24, 2.45) is 35.0 Å². The standard InChI is InChI=1S/C36H42F3N5O5/c37-36(38,39)29-25(30(45)43-35(31(46)47)23-14-21-13-22-15-28(35)34(21,22)17-23)18-41-32(42-29)44-19-33(6-8-40-9-7-33)26-16-24(1-2-27(26)44)49-12-5-20-3-10-48-11-4-20/h1-2,16,18,20-23,28,40H,3-15,17,19H2,(H,43,45)(H,46,47). The Kier molecular flexibility index (Phi) is 7.09. The molecule has 3 N–H and O–H groups in total. The predicted octanol–water partition coefficient (Wildman–Crippen LogP) is 5.08. The molecule has 7 aliphatic rings. The summed E-state index contributed by atoms with van der Waals surface area (Å²) >= 11 is 0. The Labute approximate surface area is 282 Å². The third kappa shape index (κ3) is 4.52. The van der Waals surface area contributed by atoms with Gasteiger partial charge in [-0.2, -0.15) is 13.2 Å². The molecular formula is C36H42F3N5O5. The molecule has 6 fully saturated rings. The minimum Gasteiger partial charge on any atom is -0.494 e. The summed E-state index contributed by atoms with van der Waals surface area (Å²) in [4.78, 5) is 36.7. The number of nitrogens with zero attached hydrogens (tertiary/aromatic N) is 3. The number of ether oxygens (including phenoxy) is 2. The molecule has 9 rings (SSSR count). The number of carboxylic acids is 1. The van der Waals surface area contributed by atoms with Crippen molar-refractivity contribution in [3.63, 3.8) is 0 Å². The summed E-state index contributed by atoms with van der Waals surface area (Å²) in [7, 11) is 0. The van der Waals surface area contributed by atoms with Gasteiger partial charge in [0, 0.05) is 37.1 Å². The van der Waals surface area contributed by atoms with E-state index < -0.39 is 34.8 Å². The van der Waals surface area contributed by atoms with Gasteiger partial charge in [-0.15, -0.1) is 0 Å². The van der Waals surface area contributed by atoms with Crippen molar-refractivity contribution >= 4 is 23.5 Å². The average molecular weight is 682 g/mol. The second-order valence-corrected chi connectivity index (χ2v) is 15.7. The van der Waals surface area contributed by atoms with Gasteiger partial charge in [-0.05, 0) is 130 Å². The highest BCUT2D eigenvalue weighted by Crippen LogP contribution is 2.83. The molecule has 2 spiro atoms. The molecule has 4 aliphatic carbocycles. The fourth-order valence-corrected chi connectivity index (χ4v) is 11.4. The summed E-state index contributed by atoms with van der Waals surface area (Å²) in [6.07, 6.45) is 3.72. The van der Waals surface area contributed by atoms with E-state index in [9.17, 15) is 27.9 Å². The van der Waals surface area contributed by atoms with Gasteiger partial charge < -0.3 is 30.1 Å². The van der Waals surface area contributed by atoms with Gasteiger partial charge in [0.15, 0.2) is 5.69 Å². The van der Waals surface area contributed by atoms with Crippen LogP contribution in [0.5, 0.6) is 5.75 Å². The molecule has 4 saturated carbocycles. The van der Waals surface area contributed by atoms with Gasteiger partial charge >= 0.3 is 12.1 Å². The van der Waals surface area contributed by atoms with Gasteiger partial charge in [-0.1, -0.05) is 0 Å². The van der Waals surface area contributed by atoms with Crippen LogP contribution in [0.4, 0.5) is 24.8 Å². The molecule has 3 aliphatic heterocycles. The van der Waals surface area contributed by atoms with E-state index in [1.165, 1.54) is 0 Å². The van der Waals surface area contributed by atoms with E-state index in [1.807, 2.05) is 18.2 Å². The van der Waals surface area contributed by atoms with E-state index in [-0.39, 0.29) is 28.6 Å². The van der Waals surface area contributed by atoms with Crippen molar-refractivity contribution in [1.82, 2.24) is 20.6 Å². The number of carbonyl (C=O) groups is 2. The Hall–Kier alpha value is -3.45. The molecule has 6 unspecified atom stereocenters. The van der Waals surface area contributed by atoms with Crippen LogP contribution in [0.15, 0.2) is 24.4 Å². The number of nitrogens with one attached hydrogen (secondary N) is 2. The lowest BCUT2D eigenvalue weighted by atomic mass is 9.36. The second kappa shape index (κ2) is 11.0. The number of piperidine rings is 1. The lowest BCUT2D eigenvalue weighted by Crippen LogP contribution is -2.73. The highest BCUT2D eigenvalue weighted by Gasteiger charge is 2.83.